The van der Waals surface area contributed by atoms with Gasteiger partial charge in [0.2, 0.25) is 0 Å². The van der Waals surface area contributed by atoms with Gasteiger partial charge in [-0.25, -0.2) is 0 Å². The third-order valence-corrected chi connectivity index (χ3v) is 2.92. The normalized spacial score (nSPS) is 12.6. The van der Waals surface area contributed by atoms with Crippen molar-refractivity contribution >= 4 is 22.5 Å². The molecule has 0 radical (unpaired) electrons. The molecule has 1 aromatic heterocycles. The lowest BCUT2D eigenvalue weighted by Gasteiger charge is -2.08. The lowest BCUT2D eigenvalue weighted by Crippen LogP contribution is -2.31. The molecule has 0 aliphatic rings. The minimum atomic E-state index is -0.505. The van der Waals surface area contributed by atoms with Gasteiger partial charge in [0.15, 0.2) is 0 Å². The summed E-state index contributed by atoms with van der Waals surface area (Å²) in [4.78, 5) is 15.0. The molecule has 2 aromatic rings. The van der Waals surface area contributed by atoms with Crippen LogP contribution in [-0.4, -0.2) is 28.6 Å². The highest BCUT2D eigenvalue weighted by molar-refractivity contribution is 6.07. The highest BCUT2D eigenvalue weighted by Gasteiger charge is 2.12. The van der Waals surface area contributed by atoms with Gasteiger partial charge in [-0.2, -0.15) is 0 Å². The van der Waals surface area contributed by atoms with Crippen molar-refractivity contribution in [3.63, 3.8) is 0 Å². The van der Waals surface area contributed by atoms with E-state index >= 15 is 0 Å². The van der Waals surface area contributed by atoms with E-state index in [4.69, 9.17) is 5.73 Å². The number of anilines is 1. The molecule has 2 rings (SSSR count). The Morgan fingerprint density at radius 1 is 1.56 bits per heavy atom. The molecular formula is C13H17N3O2. The van der Waals surface area contributed by atoms with Crippen molar-refractivity contribution in [1.82, 2.24) is 10.3 Å². The largest absolute Gasteiger partial charge is 0.399 e. The van der Waals surface area contributed by atoms with Crippen molar-refractivity contribution in [3.05, 3.63) is 30.0 Å². The Kier molecular flexibility index (Phi) is 3.53. The number of carbonyl (C=O) groups is 1. The third kappa shape index (κ3) is 2.46. The molecule has 0 aliphatic carbocycles. The number of aromatic nitrogens is 1. The fourth-order valence-electron chi connectivity index (χ4n) is 1.78. The maximum absolute atomic E-state index is 12.0. The van der Waals surface area contributed by atoms with Gasteiger partial charge < -0.3 is 21.1 Å². The lowest BCUT2D eigenvalue weighted by atomic mass is 10.1. The van der Waals surface area contributed by atoms with Crippen LogP contribution < -0.4 is 11.1 Å². The van der Waals surface area contributed by atoms with Gasteiger partial charge in [-0.3, -0.25) is 4.79 Å². The highest BCUT2D eigenvalue weighted by Crippen LogP contribution is 2.20. The molecule has 1 heterocycles. The molecule has 1 amide bonds. The summed E-state index contributed by atoms with van der Waals surface area (Å²) in [6.07, 6.45) is 1.76. The summed E-state index contributed by atoms with van der Waals surface area (Å²) >= 11 is 0. The summed E-state index contributed by atoms with van der Waals surface area (Å²) in [5.41, 5.74) is 7.72. The summed E-state index contributed by atoms with van der Waals surface area (Å²) < 4.78 is 0. The Morgan fingerprint density at radius 2 is 2.33 bits per heavy atom. The van der Waals surface area contributed by atoms with Crippen LogP contribution >= 0.6 is 0 Å². The predicted octanol–water partition coefficient (Wildman–Crippen LogP) is 1.25. The fourth-order valence-corrected chi connectivity index (χ4v) is 1.78. The Balaban J connectivity index is 2.18. The number of amides is 1. The summed E-state index contributed by atoms with van der Waals surface area (Å²) in [6, 6.07) is 5.35. The Bertz CT molecular complexity index is 562. The molecule has 1 unspecified atom stereocenters. The summed E-state index contributed by atoms with van der Waals surface area (Å²) in [7, 11) is 0. The van der Waals surface area contributed by atoms with Crippen molar-refractivity contribution in [2.24, 2.45) is 0 Å². The van der Waals surface area contributed by atoms with Crippen molar-refractivity contribution in [1.29, 1.82) is 0 Å². The molecule has 1 aromatic carbocycles. The van der Waals surface area contributed by atoms with E-state index in [-0.39, 0.29) is 12.5 Å². The third-order valence-electron chi connectivity index (χ3n) is 2.92. The number of aromatic amines is 1. The van der Waals surface area contributed by atoms with Gasteiger partial charge in [-0.15, -0.1) is 0 Å². The first-order valence-corrected chi connectivity index (χ1v) is 5.94. The molecule has 0 spiro atoms. The fraction of sp³-hybridized carbons (Fsp3) is 0.308. The smallest absolute Gasteiger partial charge is 0.253 e. The lowest BCUT2D eigenvalue weighted by molar-refractivity contribution is 0.0915. The second-order valence-electron chi connectivity index (χ2n) is 4.28. The van der Waals surface area contributed by atoms with Crippen LogP contribution in [0.5, 0.6) is 0 Å². The molecule has 0 saturated heterocycles. The van der Waals surface area contributed by atoms with E-state index in [2.05, 4.69) is 10.3 Å². The van der Waals surface area contributed by atoms with E-state index in [1.165, 1.54) is 0 Å². The zero-order valence-electron chi connectivity index (χ0n) is 10.2. The zero-order valence-corrected chi connectivity index (χ0v) is 10.2. The van der Waals surface area contributed by atoms with E-state index in [0.29, 0.717) is 17.7 Å². The molecule has 5 heteroatoms. The van der Waals surface area contributed by atoms with Crippen LogP contribution in [0.2, 0.25) is 0 Å². The average molecular weight is 247 g/mol. The minimum Gasteiger partial charge on any atom is -0.399 e. The first kappa shape index (κ1) is 12.4. The molecule has 18 heavy (non-hydrogen) atoms. The number of nitrogens with two attached hydrogens (primary N) is 1. The number of aliphatic hydroxyl groups excluding tert-OH is 1. The first-order valence-electron chi connectivity index (χ1n) is 5.94. The maximum atomic E-state index is 12.0. The molecule has 0 bridgehead atoms. The monoisotopic (exact) mass is 247 g/mol. The van der Waals surface area contributed by atoms with Crippen molar-refractivity contribution < 1.29 is 9.90 Å². The summed E-state index contributed by atoms with van der Waals surface area (Å²) in [5, 5.41) is 12.9. The molecular weight excluding hydrogens is 230 g/mol. The summed E-state index contributed by atoms with van der Waals surface area (Å²) in [5.74, 6) is -0.196. The molecule has 0 fully saturated rings. The number of carbonyl (C=O) groups excluding carboxylic acids is 1. The molecule has 1 atom stereocenters. The molecule has 96 valence electrons. The van der Waals surface area contributed by atoms with Crippen LogP contribution in [0, 0.1) is 0 Å². The number of aliphatic hydroxyl groups is 1. The molecule has 0 aliphatic heterocycles. The second-order valence-corrected chi connectivity index (χ2v) is 4.28. The standard InChI is InChI=1S/C13H17N3O2/c1-2-9(17)6-16-13(18)11-7-15-12-5-8(14)3-4-10(11)12/h3-5,7,9,15,17H,2,6,14H2,1H3,(H,16,18). The van der Waals surface area contributed by atoms with Gasteiger partial charge in [0.05, 0.1) is 11.7 Å². The van der Waals surface area contributed by atoms with Crippen LogP contribution in [0.25, 0.3) is 10.9 Å². The number of H-pyrrole nitrogens is 1. The van der Waals surface area contributed by atoms with Gasteiger partial charge in [0.25, 0.3) is 5.91 Å². The van der Waals surface area contributed by atoms with E-state index in [0.717, 1.165) is 10.9 Å². The molecule has 5 N–H and O–H groups in total. The Labute approximate surface area is 105 Å². The number of nitrogen functional groups attached to an aromatic ring is 1. The van der Waals surface area contributed by atoms with Crippen LogP contribution in [0.1, 0.15) is 23.7 Å². The van der Waals surface area contributed by atoms with Crippen molar-refractivity contribution in [2.45, 2.75) is 19.4 Å². The number of benzene rings is 1. The summed E-state index contributed by atoms with van der Waals surface area (Å²) in [6.45, 7) is 2.13. The zero-order chi connectivity index (χ0) is 13.1. The van der Waals surface area contributed by atoms with E-state index < -0.39 is 6.10 Å². The number of nitrogens with one attached hydrogen (secondary N) is 2. The number of hydrogen-bond donors (Lipinski definition) is 4. The van der Waals surface area contributed by atoms with Crippen molar-refractivity contribution in [3.8, 4) is 0 Å². The Morgan fingerprint density at radius 3 is 3.06 bits per heavy atom. The Hall–Kier alpha value is -2.01. The van der Waals surface area contributed by atoms with Gasteiger partial charge in [0, 0.05) is 29.3 Å². The number of fused-ring (bicyclic) bond motifs is 1. The van der Waals surface area contributed by atoms with Gasteiger partial charge >= 0.3 is 0 Å². The predicted molar refractivity (Wildman–Crippen MR) is 71.3 cm³/mol. The van der Waals surface area contributed by atoms with Gasteiger partial charge in [-0.05, 0) is 24.6 Å². The SMILES string of the molecule is CCC(O)CNC(=O)c1c[nH]c2cc(N)ccc12. The minimum absolute atomic E-state index is 0.196. The van der Waals surface area contributed by atoms with E-state index in [1.54, 1.807) is 18.3 Å². The van der Waals surface area contributed by atoms with Crippen LogP contribution in [-0.2, 0) is 0 Å². The quantitative estimate of drug-likeness (QED) is 0.613. The molecule has 0 saturated carbocycles. The van der Waals surface area contributed by atoms with Crippen LogP contribution in [0.15, 0.2) is 24.4 Å². The number of rotatable bonds is 4. The number of hydrogen-bond acceptors (Lipinski definition) is 3. The first-order chi connectivity index (χ1) is 8.61. The van der Waals surface area contributed by atoms with Crippen molar-refractivity contribution in [2.75, 3.05) is 12.3 Å². The average Bonchev–Trinajstić information content (AvgIpc) is 2.78. The molecule has 5 nitrogen and oxygen atoms in total. The highest BCUT2D eigenvalue weighted by atomic mass is 16.3. The van der Waals surface area contributed by atoms with Gasteiger partial charge in [-0.1, -0.05) is 6.92 Å². The van der Waals surface area contributed by atoms with Gasteiger partial charge in [0.1, 0.15) is 0 Å². The maximum Gasteiger partial charge on any atom is 0.253 e. The van der Waals surface area contributed by atoms with Crippen LogP contribution in [0.3, 0.4) is 0 Å². The van der Waals surface area contributed by atoms with E-state index in [1.807, 2.05) is 13.0 Å². The topological polar surface area (TPSA) is 91.1 Å². The van der Waals surface area contributed by atoms with Crippen LogP contribution in [0.4, 0.5) is 5.69 Å². The van der Waals surface area contributed by atoms with E-state index in [9.17, 15) is 9.90 Å². The second kappa shape index (κ2) is 5.10.